The van der Waals surface area contributed by atoms with Crippen LogP contribution in [0.15, 0.2) is 66.7 Å². The lowest BCUT2D eigenvalue weighted by atomic mass is 10.0. The van der Waals surface area contributed by atoms with Crippen LogP contribution in [0.4, 0.5) is 4.39 Å². The lowest BCUT2D eigenvalue weighted by Gasteiger charge is -2.04. The highest BCUT2D eigenvalue weighted by Crippen LogP contribution is 2.27. The van der Waals surface area contributed by atoms with Crippen molar-refractivity contribution in [3.63, 3.8) is 0 Å². The Hall–Kier alpha value is -3.34. The third kappa shape index (κ3) is 3.04. The van der Waals surface area contributed by atoms with Crippen LogP contribution >= 0.6 is 0 Å². The molecule has 0 aliphatic rings. The van der Waals surface area contributed by atoms with Gasteiger partial charge in [0, 0.05) is 16.8 Å². The molecule has 2 aromatic heterocycles. The molecule has 4 aromatic rings. The number of halogens is 1. The van der Waals surface area contributed by atoms with Crippen LogP contribution in [0.1, 0.15) is 5.69 Å². The molecule has 0 amide bonds. The highest BCUT2D eigenvalue weighted by Gasteiger charge is 2.12. The van der Waals surface area contributed by atoms with Gasteiger partial charge < -0.3 is 0 Å². The number of aromatic nitrogens is 4. The Kier molecular flexibility index (Phi) is 3.82. The monoisotopic (exact) mass is 330 g/mol. The maximum atomic E-state index is 14.5. The van der Waals surface area contributed by atoms with Gasteiger partial charge in [-0.15, -0.1) is 0 Å². The maximum Gasteiger partial charge on any atom is 0.181 e. The summed E-state index contributed by atoms with van der Waals surface area (Å²) < 4.78 is 14.5. The third-order valence-corrected chi connectivity index (χ3v) is 3.93. The number of hydrogen-bond acceptors (Lipinski definition) is 3. The predicted octanol–water partition coefficient (Wildman–Crippen LogP) is 4.65. The van der Waals surface area contributed by atoms with Gasteiger partial charge in [-0.2, -0.15) is 5.10 Å². The number of nitrogens with one attached hydrogen (secondary N) is 1. The highest BCUT2D eigenvalue weighted by molar-refractivity contribution is 5.69. The van der Waals surface area contributed by atoms with Gasteiger partial charge in [-0.3, -0.25) is 5.10 Å². The van der Waals surface area contributed by atoms with Crippen molar-refractivity contribution in [1.29, 1.82) is 0 Å². The zero-order valence-electron chi connectivity index (χ0n) is 13.6. The summed E-state index contributed by atoms with van der Waals surface area (Å²) in [6, 6.07) is 20.2. The van der Waals surface area contributed by atoms with Crippen molar-refractivity contribution in [3.8, 4) is 34.0 Å². The first kappa shape index (κ1) is 15.2. The minimum atomic E-state index is -0.302. The van der Waals surface area contributed by atoms with Gasteiger partial charge in [-0.1, -0.05) is 48.5 Å². The maximum absolute atomic E-state index is 14.5. The number of pyridine rings is 1. The number of hydrogen-bond donors (Lipinski definition) is 1. The van der Waals surface area contributed by atoms with Gasteiger partial charge in [0.25, 0.3) is 0 Å². The molecule has 5 heteroatoms. The van der Waals surface area contributed by atoms with Crippen LogP contribution in [0.3, 0.4) is 0 Å². The van der Waals surface area contributed by atoms with E-state index in [1.54, 1.807) is 6.07 Å². The van der Waals surface area contributed by atoms with E-state index in [2.05, 4.69) is 20.2 Å². The van der Waals surface area contributed by atoms with Crippen molar-refractivity contribution in [2.24, 2.45) is 0 Å². The lowest BCUT2D eigenvalue weighted by molar-refractivity contribution is 0.631. The highest BCUT2D eigenvalue weighted by atomic mass is 19.1. The van der Waals surface area contributed by atoms with E-state index in [9.17, 15) is 4.39 Å². The fourth-order valence-electron chi connectivity index (χ4n) is 2.69. The molecule has 0 bridgehead atoms. The minimum absolute atomic E-state index is 0.302. The molecule has 0 radical (unpaired) electrons. The molecule has 0 atom stereocenters. The normalized spacial score (nSPS) is 10.8. The molecule has 4 nitrogen and oxygen atoms in total. The van der Waals surface area contributed by atoms with Gasteiger partial charge >= 0.3 is 0 Å². The van der Waals surface area contributed by atoms with Crippen LogP contribution in [0.2, 0.25) is 0 Å². The Morgan fingerprint density at radius 2 is 1.68 bits per heavy atom. The van der Waals surface area contributed by atoms with Crippen molar-refractivity contribution in [2.75, 3.05) is 0 Å². The van der Waals surface area contributed by atoms with Gasteiger partial charge in [0.2, 0.25) is 0 Å². The van der Waals surface area contributed by atoms with E-state index in [0.29, 0.717) is 28.5 Å². The number of rotatable bonds is 3. The molecule has 2 heterocycles. The fourth-order valence-corrected chi connectivity index (χ4v) is 2.69. The van der Waals surface area contributed by atoms with E-state index in [-0.39, 0.29) is 5.82 Å². The molecule has 4 rings (SSSR count). The Balaban J connectivity index is 1.68. The first-order chi connectivity index (χ1) is 12.2. The van der Waals surface area contributed by atoms with Crippen molar-refractivity contribution < 1.29 is 4.39 Å². The second-order valence-corrected chi connectivity index (χ2v) is 5.73. The zero-order chi connectivity index (χ0) is 17.2. The van der Waals surface area contributed by atoms with Crippen LogP contribution < -0.4 is 0 Å². The van der Waals surface area contributed by atoms with Crippen molar-refractivity contribution in [2.45, 2.75) is 6.92 Å². The van der Waals surface area contributed by atoms with Crippen LogP contribution in [0, 0.1) is 12.7 Å². The van der Waals surface area contributed by atoms with E-state index in [0.717, 1.165) is 11.3 Å². The van der Waals surface area contributed by atoms with Gasteiger partial charge in [0.15, 0.2) is 11.6 Å². The second kappa shape index (κ2) is 6.28. The lowest BCUT2D eigenvalue weighted by Crippen LogP contribution is -1.89. The number of aromatic amines is 1. The molecule has 0 saturated heterocycles. The number of aryl methyl sites for hydroxylation is 1. The van der Waals surface area contributed by atoms with Crippen LogP contribution in [-0.4, -0.2) is 20.2 Å². The van der Waals surface area contributed by atoms with E-state index in [1.807, 2.05) is 61.5 Å². The third-order valence-electron chi connectivity index (χ3n) is 3.93. The number of H-pyrrole nitrogens is 1. The smallest absolute Gasteiger partial charge is 0.181 e. The van der Waals surface area contributed by atoms with Crippen LogP contribution in [0.5, 0.6) is 0 Å². The molecule has 0 spiro atoms. The topological polar surface area (TPSA) is 54.5 Å². The SMILES string of the molecule is Cc1cccc(-c2nc(-c3ccc(-c4ccccc4)c(F)c3)n[nH]2)n1. The quantitative estimate of drug-likeness (QED) is 0.595. The summed E-state index contributed by atoms with van der Waals surface area (Å²) in [7, 11) is 0. The van der Waals surface area contributed by atoms with Gasteiger partial charge in [0.05, 0.1) is 0 Å². The minimum Gasteiger partial charge on any atom is -0.257 e. The molecule has 25 heavy (non-hydrogen) atoms. The predicted molar refractivity (Wildman–Crippen MR) is 95.2 cm³/mol. The molecular weight excluding hydrogens is 315 g/mol. The summed E-state index contributed by atoms with van der Waals surface area (Å²) in [5.74, 6) is 0.701. The van der Waals surface area contributed by atoms with Crippen molar-refractivity contribution in [1.82, 2.24) is 20.2 Å². The molecule has 0 fully saturated rings. The van der Waals surface area contributed by atoms with E-state index in [1.165, 1.54) is 6.07 Å². The molecule has 0 saturated carbocycles. The van der Waals surface area contributed by atoms with Crippen LogP contribution in [0.25, 0.3) is 34.0 Å². The molecule has 2 aromatic carbocycles. The van der Waals surface area contributed by atoms with Crippen LogP contribution in [-0.2, 0) is 0 Å². The van der Waals surface area contributed by atoms with Gasteiger partial charge in [0.1, 0.15) is 11.5 Å². The first-order valence-corrected chi connectivity index (χ1v) is 7.92. The van der Waals surface area contributed by atoms with Crippen molar-refractivity contribution in [3.05, 3.63) is 78.2 Å². The first-order valence-electron chi connectivity index (χ1n) is 7.92. The van der Waals surface area contributed by atoms with Gasteiger partial charge in [-0.05, 0) is 30.7 Å². The van der Waals surface area contributed by atoms with E-state index < -0.39 is 0 Å². The number of benzene rings is 2. The summed E-state index contributed by atoms with van der Waals surface area (Å²) in [5.41, 5.74) is 3.62. The summed E-state index contributed by atoms with van der Waals surface area (Å²) in [4.78, 5) is 8.85. The summed E-state index contributed by atoms with van der Waals surface area (Å²) in [5, 5.41) is 7.06. The van der Waals surface area contributed by atoms with Gasteiger partial charge in [-0.25, -0.2) is 14.4 Å². The molecule has 0 unspecified atom stereocenters. The Morgan fingerprint density at radius 3 is 2.44 bits per heavy atom. The number of nitrogens with zero attached hydrogens (tertiary/aromatic N) is 3. The summed E-state index contributed by atoms with van der Waals surface area (Å²) >= 11 is 0. The Morgan fingerprint density at radius 1 is 0.840 bits per heavy atom. The molecule has 0 aliphatic heterocycles. The van der Waals surface area contributed by atoms with Crippen molar-refractivity contribution >= 4 is 0 Å². The Labute approximate surface area is 144 Å². The largest absolute Gasteiger partial charge is 0.257 e. The molecule has 1 N–H and O–H groups in total. The summed E-state index contributed by atoms with van der Waals surface area (Å²) in [6.07, 6.45) is 0. The molecule has 122 valence electrons. The fraction of sp³-hybridized carbons (Fsp3) is 0.0500. The second-order valence-electron chi connectivity index (χ2n) is 5.73. The standard InChI is InChI=1S/C20H15FN4/c1-13-6-5-9-18(22-13)20-23-19(24-25-20)15-10-11-16(17(21)12-15)14-7-3-2-4-8-14/h2-12H,1H3,(H,23,24,25). The van der Waals surface area contributed by atoms with E-state index in [4.69, 9.17) is 0 Å². The Bertz CT molecular complexity index is 1020. The average Bonchev–Trinajstić information content (AvgIpc) is 3.12. The average molecular weight is 330 g/mol. The molecular formula is C20H15FN4. The van der Waals surface area contributed by atoms with E-state index >= 15 is 0 Å². The summed E-state index contributed by atoms with van der Waals surface area (Å²) in [6.45, 7) is 1.92. The zero-order valence-corrected chi connectivity index (χ0v) is 13.6. The molecule has 0 aliphatic carbocycles.